The summed E-state index contributed by atoms with van der Waals surface area (Å²) in [5.41, 5.74) is 1.45. The van der Waals surface area contributed by atoms with Crippen molar-refractivity contribution >= 4 is 0 Å². The van der Waals surface area contributed by atoms with Crippen molar-refractivity contribution in [3.63, 3.8) is 0 Å². The fourth-order valence-electron chi connectivity index (χ4n) is 2.36. The molecule has 1 N–H and O–H groups in total. The van der Waals surface area contributed by atoms with E-state index >= 15 is 0 Å². The minimum absolute atomic E-state index is 0.197. The molecule has 0 bridgehead atoms. The predicted octanol–water partition coefficient (Wildman–Crippen LogP) is 1.30. The van der Waals surface area contributed by atoms with Crippen LogP contribution in [0.1, 0.15) is 30.5 Å². The molecule has 1 unspecified atom stereocenters. The van der Waals surface area contributed by atoms with Gasteiger partial charge in [-0.25, -0.2) is 4.98 Å². The van der Waals surface area contributed by atoms with Gasteiger partial charge in [0.25, 0.3) is 0 Å². The van der Waals surface area contributed by atoms with Gasteiger partial charge in [-0.1, -0.05) is 12.5 Å². The van der Waals surface area contributed by atoms with Crippen molar-refractivity contribution in [2.75, 3.05) is 13.2 Å². The molecule has 1 aromatic heterocycles. The van der Waals surface area contributed by atoms with E-state index < -0.39 is 0 Å². The zero-order valence-electron chi connectivity index (χ0n) is 9.84. The molecule has 1 atom stereocenters. The topological polar surface area (TPSA) is 60.2 Å². The summed E-state index contributed by atoms with van der Waals surface area (Å²) in [5, 5.41) is 18.3. The van der Waals surface area contributed by atoms with Gasteiger partial charge < -0.3 is 5.11 Å². The molecule has 1 aromatic rings. The molecule has 0 saturated carbocycles. The molecule has 17 heavy (non-hydrogen) atoms. The zero-order valence-corrected chi connectivity index (χ0v) is 9.84. The Morgan fingerprint density at radius 3 is 3.18 bits per heavy atom. The summed E-state index contributed by atoms with van der Waals surface area (Å²) in [6.07, 6.45) is 5.03. The average Bonchev–Trinajstić information content (AvgIpc) is 2.40. The summed E-state index contributed by atoms with van der Waals surface area (Å²) in [6.45, 7) is 1.90. The van der Waals surface area contributed by atoms with Crippen LogP contribution in [0.4, 0.5) is 0 Å². The van der Waals surface area contributed by atoms with E-state index in [0.29, 0.717) is 12.2 Å². The summed E-state index contributed by atoms with van der Waals surface area (Å²) in [5.74, 6) is 0. The van der Waals surface area contributed by atoms with Crippen LogP contribution in [-0.4, -0.2) is 34.2 Å². The average molecular weight is 231 g/mol. The number of aliphatic hydroxyl groups excluding tert-OH is 1. The highest BCUT2D eigenvalue weighted by Gasteiger charge is 2.22. The quantitative estimate of drug-likeness (QED) is 0.851. The fraction of sp³-hybridized carbons (Fsp3) is 0.538. The molecule has 1 aliphatic heterocycles. The lowest BCUT2D eigenvalue weighted by atomic mass is 10.0. The van der Waals surface area contributed by atoms with E-state index in [1.54, 1.807) is 6.20 Å². The zero-order chi connectivity index (χ0) is 12.1. The Morgan fingerprint density at radius 1 is 1.53 bits per heavy atom. The molecule has 0 radical (unpaired) electrons. The van der Waals surface area contributed by atoms with Gasteiger partial charge in [0.1, 0.15) is 11.8 Å². The van der Waals surface area contributed by atoms with E-state index in [0.717, 1.165) is 18.5 Å². The fourth-order valence-corrected chi connectivity index (χ4v) is 2.36. The van der Waals surface area contributed by atoms with Gasteiger partial charge in [-0.15, -0.1) is 0 Å². The van der Waals surface area contributed by atoms with Crippen molar-refractivity contribution in [2.45, 2.75) is 31.8 Å². The van der Waals surface area contributed by atoms with Crippen LogP contribution in [0, 0.1) is 11.3 Å². The largest absolute Gasteiger partial charge is 0.395 e. The van der Waals surface area contributed by atoms with E-state index in [-0.39, 0.29) is 12.6 Å². The van der Waals surface area contributed by atoms with Crippen molar-refractivity contribution in [1.82, 2.24) is 9.88 Å². The normalized spacial score (nSPS) is 21.1. The first kappa shape index (κ1) is 12.0. The van der Waals surface area contributed by atoms with Crippen LogP contribution in [0.2, 0.25) is 0 Å². The minimum Gasteiger partial charge on any atom is -0.395 e. The van der Waals surface area contributed by atoms with Crippen LogP contribution in [0.15, 0.2) is 18.3 Å². The molecule has 1 aliphatic rings. The highest BCUT2D eigenvalue weighted by Crippen LogP contribution is 2.19. The lowest BCUT2D eigenvalue weighted by molar-refractivity contribution is 0.0840. The smallest absolute Gasteiger partial charge is 0.144 e. The van der Waals surface area contributed by atoms with Gasteiger partial charge in [0, 0.05) is 24.3 Å². The summed E-state index contributed by atoms with van der Waals surface area (Å²) in [4.78, 5) is 6.31. The van der Waals surface area contributed by atoms with Crippen LogP contribution in [0.3, 0.4) is 0 Å². The predicted molar refractivity (Wildman–Crippen MR) is 64.1 cm³/mol. The van der Waals surface area contributed by atoms with Gasteiger partial charge in [0.2, 0.25) is 0 Å². The lowest BCUT2D eigenvalue weighted by Crippen LogP contribution is -2.41. The first-order valence-corrected chi connectivity index (χ1v) is 6.04. The Balaban J connectivity index is 2.11. The van der Waals surface area contributed by atoms with Gasteiger partial charge >= 0.3 is 0 Å². The van der Waals surface area contributed by atoms with Crippen molar-refractivity contribution in [2.24, 2.45) is 0 Å². The first-order chi connectivity index (χ1) is 8.35. The number of hydrogen-bond donors (Lipinski definition) is 1. The van der Waals surface area contributed by atoms with E-state index in [2.05, 4.69) is 16.0 Å². The minimum atomic E-state index is 0.197. The second-order valence-corrected chi connectivity index (χ2v) is 4.43. The number of piperidine rings is 1. The van der Waals surface area contributed by atoms with Crippen LogP contribution in [-0.2, 0) is 6.54 Å². The van der Waals surface area contributed by atoms with Crippen LogP contribution >= 0.6 is 0 Å². The Hall–Kier alpha value is -1.44. The highest BCUT2D eigenvalue weighted by atomic mass is 16.3. The van der Waals surface area contributed by atoms with E-state index in [1.165, 1.54) is 12.8 Å². The maximum absolute atomic E-state index is 9.34. The molecule has 0 spiro atoms. The number of nitrogens with zero attached hydrogens (tertiary/aromatic N) is 3. The van der Waals surface area contributed by atoms with Gasteiger partial charge in [0.05, 0.1) is 6.61 Å². The highest BCUT2D eigenvalue weighted by molar-refractivity contribution is 5.30. The first-order valence-electron chi connectivity index (χ1n) is 6.04. The molecule has 2 heterocycles. The monoisotopic (exact) mass is 231 g/mol. The van der Waals surface area contributed by atoms with E-state index in [1.807, 2.05) is 12.1 Å². The number of likely N-dealkylation sites (tertiary alicyclic amines) is 1. The number of pyridine rings is 1. The number of rotatable bonds is 3. The third-order valence-electron chi connectivity index (χ3n) is 3.33. The van der Waals surface area contributed by atoms with Gasteiger partial charge in [-0.3, -0.25) is 4.90 Å². The third kappa shape index (κ3) is 2.82. The standard InChI is InChI=1S/C13H17N3O/c14-8-13-11(4-3-6-15-13)9-16-7-2-1-5-12(16)10-17/h3-4,6,12,17H,1-2,5,7,9-10H2. The number of aromatic nitrogens is 1. The van der Waals surface area contributed by atoms with Gasteiger partial charge in [0.15, 0.2) is 0 Å². The number of aliphatic hydroxyl groups is 1. The van der Waals surface area contributed by atoms with E-state index in [4.69, 9.17) is 5.26 Å². The van der Waals surface area contributed by atoms with Gasteiger partial charge in [-0.05, 0) is 25.5 Å². The molecule has 0 aromatic carbocycles. The second-order valence-electron chi connectivity index (χ2n) is 4.43. The summed E-state index contributed by atoms with van der Waals surface area (Å²) < 4.78 is 0. The maximum Gasteiger partial charge on any atom is 0.144 e. The Morgan fingerprint density at radius 2 is 2.41 bits per heavy atom. The van der Waals surface area contributed by atoms with Gasteiger partial charge in [-0.2, -0.15) is 5.26 Å². The Bertz CT molecular complexity index is 413. The molecule has 4 nitrogen and oxygen atoms in total. The van der Waals surface area contributed by atoms with Crippen molar-refractivity contribution in [3.8, 4) is 6.07 Å². The summed E-state index contributed by atoms with van der Waals surface area (Å²) in [6, 6.07) is 6.14. The SMILES string of the molecule is N#Cc1ncccc1CN1CCCCC1CO. The summed E-state index contributed by atoms with van der Waals surface area (Å²) in [7, 11) is 0. The van der Waals surface area contributed by atoms with Crippen molar-refractivity contribution < 1.29 is 5.11 Å². The number of hydrogen-bond acceptors (Lipinski definition) is 4. The van der Waals surface area contributed by atoms with Crippen LogP contribution < -0.4 is 0 Å². The molecule has 4 heteroatoms. The van der Waals surface area contributed by atoms with Crippen molar-refractivity contribution in [1.29, 1.82) is 5.26 Å². The molecule has 1 saturated heterocycles. The molecular formula is C13H17N3O. The molecule has 1 fully saturated rings. The number of nitriles is 1. The maximum atomic E-state index is 9.34. The molecular weight excluding hydrogens is 214 g/mol. The van der Waals surface area contributed by atoms with Crippen LogP contribution in [0.25, 0.3) is 0 Å². The lowest BCUT2D eigenvalue weighted by Gasteiger charge is -2.34. The van der Waals surface area contributed by atoms with Crippen LogP contribution in [0.5, 0.6) is 0 Å². The molecule has 0 amide bonds. The Labute approximate surface area is 102 Å². The second kappa shape index (κ2) is 5.76. The molecule has 2 rings (SSSR count). The Kier molecular flexibility index (Phi) is 4.08. The molecule has 0 aliphatic carbocycles. The van der Waals surface area contributed by atoms with Crippen molar-refractivity contribution in [3.05, 3.63) is 29.6 Å². The van der Waals surface area contributed by atoms with E-state index in [9.17, 15) is 5.11 Å². The third-order valence-corrected chi connectivity index (χ3v) is 3.33. The molecule has 90 valence electrons. The summed E-state index contributed by atoms with van der Waals surface area (Å²) >= 11 is 0.